The second-order valence-corrected chi connectivity index (χ2v) is 10.3. The van der Waals surface area contributed by atoms with E-state index in [0.29, 0.717) is 70.4 Å². The van der Waals surface area contributed by atoms with Crippen molar-refractivity contribution in [2.24, 2.45) is 0 Å². The number of nitrogens with one attached hydrogen (secondary N) is 4. The third-order valence-electron chi connectivity index (χ3n) is 7.02. The van der Waals surface area contributed by atoms with E-state index >= 15 is 0 Å². The largest absolute Gasteiger partial charge is 0.467 e. The van der Waals surface area contributed by atoms with Gasteiger partial charge in [0, 0.05) is 39.8 Å². The van der Waals surface area contributed by atoms with E-state index in [1.165, 1.54) is 31.3 Å². The van der Waals surface area contributed by atoms with Crippen LogP contribution in [-0.2, 0) is 19.1 Å². The number of rotatable bonds is 6. The Morgan fingerprint density at radius 1 is 1.09 bits per heavy atom. The molecule has 2 aromatic heterocycles. The van der Waals surface area contributed by atoms with Crippen LogP contribution in [0.5, 0.6) is 0 Å². The minimum absolute atomic E-state index is 0.337. The number of ether oxygens (including phenoxy) is 2. The molecule has 15 heteroatoms. The summed E-state index contributed by atoms with van der Waals surface area (Å²) in [5.74, 6) is -0.179. The number of carbonyl (C=O) groups excluding carboxylic acids is 3. The maximum Gasteiger partial charge on any atom is 0.411 e. The van der Waals surface area contributed by atoms with Crippen LogP contribution in [0, 0.1) is 0 Å². The van der Waals surface area contributed by atoms with Gasteiger partial charge in [0.25, 0.3) is 0 Å². The zero-order valence-electron chi connectivity index (χ0n) is 23.9. The fourth-order valence-corrected chi connectivity index (χ4v) is 5.04. The van der Waals surface area contributed by atoms with Gasteiger partial charge in [0.1, 0.15) is 18.2 Å². The monoisotopic (exact) mass is 619 g/mol. The number of methoxy groups -OCH3 is 2. The van der Waals surface area contributed by atoms with Gasteiger partial charge >= 0.3 is 12.1 Å². The normalized spacial score (nSPS) is 16.5. The average molecular weight is 620 g/mol. The maximum absolute atomic E-state index is 13.2. The van der Waals surface area contributed by atoms with Crippen molar-refractivity contribution in [3.8, 4) is 16.9 Å². The zero-order valence-corrected chi connectivity index (χ0v) is 24.7. The number of amides is 2. The molecule has 1 aliphatic rings. The molecule has 2 atom stereocenters. The molecule has 1 aliphatic heterocycles. The van der Waals surface area contributed by atoms with Crippen LogP contribution in [0.1, 0.15) is 43.1 Å². The standard InChI is InChI=1S/C29H30ClN9O5/c1-43-28(41)22-6-4-3-5-21(35-26(40)12-7-17-13-18(30)8-11-25(17)39-16-32-37-38-39)27-31-15-24(36-27)20-10-9-19(14-23(20)34-22)33-29(42)44-2/h7-16,21-22,34H,3-6H2,1-2H3,(H,31,36)(H,33,42)(H,35,40)/t21-,22+/m0/s1. The molecule has 14 nitrogen and oxygen atoms in total. The molecule has 2 aromatic carbocycles. The predicted octanol–water partition coefficient (Wildman–Crippen LogP) is 4.28. The highest BCUT2D eigenvalue weighted by atomic mass is 35.5. The Morgan fingerprint density at radius 2 is 1.93 bits per heavy atom. The average Bonchev–Trinajstić information content (AvgIpc) is 3.73. The first-order valence-electron chi connectivity index (χ1n) is 13.7. The second kappa shape index (κ2) is 13.8. The highest BCUT2D eigenvalue weighted by molar-refractivity contribution is 6.30. The second-order valence-electron chi connectivity index (χ2n) is 9.90. The summed E-state index contributed by atoms with van der Waals surface area (Å²) in [6.07, 6.45) is 8.02. The van der Waals surface area contributed by atoms with Crippen molar-refractivity contribution >= 4 is 47.0 Å². The number of esters is 1. The lowest BCUT2D eigenvalue weighted by Gasteiger charge is -2.22. The van der Waals surface area contributed by atoms with Gasteiger partial charge in [0.05, 0.1) is 31.6 Å². The number of halogens is 1. The molecular formula is C29H30ClN9O5. The van der Waals surface area contributed by atoms with Gasteiger partial charge in [-0.2, -0.15) is 4.68 Å². The lowest BCUT2D eigenvalue weighted by molar-refractivity contribution is -0.141. The van der Waals surface area contributed by atoms with E-state index in [1.54, 1.807) is 48.7 Å². The number of hydrogen-bond donors (Lipinski definition) is 4. The van der Waals surface area contributed by atoms with Gasteiger partial charge in [-0.25, -0.2) is 14.6 Å². The van der Waals surface area contributed by atoms with Crippen LogP contribution in [0.3, 0.4) is 0 Å². The smallest absolute Gasteiger partial charge is 0.411 e. The Balaban J connectivity index is 1.41. The fraction of sp³-hybridized carbons (Fsp3) is 0.276. The summed E-state index contributed by atoms with van der Waals surface area (Å²) in [7, 11) is 2.61. The van der Waals surface area contributed by atoms with Gasteiger partial charge in [-0.1, -0.05) is 24.4 Å². The van der Waals surface area contributed by atoms with Crippen LogP contribution in [0.2, 0.25) is 5.02 Å². The number of nitrogens with zero attached hydrogens (tertiary/aromatic N) is 5. The van der Waals surface area contributed by atoms with Crippen molar-refractivity contribution in [1.82, 2.24) is 35.5 Å². The van der Waals surface area contributed by atoms with Crippen LogP contribution in [0.4, 0.5) is 16.2 Å². The molecule has 0 unspecified atom stereocenters. The molecule has 0 spiro atoms. The lowest BCUT2D eigenvalue weighted by Crippen LogP contribution is -2.31. The van der Waals surface area contributed by atoms with Crippen molar-refractivity contribution in [3.05, 3.63) is 71.4 Å². The molecule has 2 amide bonds. The summed E-state index contributed by atoms with van der Waals surface area (Å²) in [6.45, 7) is 0. The van der Waals surface area contributed by atoms with Crippen LogP contribution >= 0.6 is 11.6 Å². The SMILES string of the molecule is COC(=O)Nc1ccc2c(c1)N[C@@H](C(=O)OC)CCCC[C@H](NC(=O)C=Cc1cc(Cl)ccc1-n1cnnn1)c1nc-2c[nH]1. The molecule has 0 saturated heterocycles. The fourth-order valence-electron chi connectivity index (χ4n) is 4.86. The van der Waals surface area contributed by atoms with Crippen molar-refractivity contribution in [2.45, 2.75) is 37.8 Å². The Kier molecular flexibility index (Phi) is 9.49. The van der Waals surface area contributed by atoms with Gasteiger partial charge in [0.15, 0.2) is 0 Å². The number of aromatic amines is 1. The molecule has 5 rings (SSSR count). The number of hydrogen-bond acceptors (Lipinski definition) is 10. The number of imidazole rings is 1. The van der Waals surface area contributed by atoms with Crippen LogP contribution in [0.25, 0.3) is 23.0 Å². The first-order chi connectivity index (χ1) is 21.3. The first-order valence-corrected chi connectivity index (χ1v) is 14.1. The van der Waals surface area contributed by atoms with E-state index in [9.17, 15) is 14.4 Å². The topological polar surface area (TPSA) is 178 Å². The van der Waals surface area contributed by atoms with Gasteiger partial charge in [-0.05, 0) is 65.7 Å². The third-order valence-corrected chi connectivity index (χ3v) is 7.26. The number of H-pyrrole nitrogens is 1. The summed E-state index contributed by atoms with van der Waals surface area (Å²) in [5.41, 5.74) is 3.60. The van der Waals surface area contributed by atoms with Gasteiger partial charge in [-0.15, -0.1) is 5.10 Å². The van der Waals surface area contributed by atoms with E-state index in [0.717, 1.165) is 0 Å². The van der Waals surface area contributed by atoms with Crippen molar-refractivity contribution < 1.29 is 23.9 Å². The van der Waals surface area contributed by atoms with Gasteiger partial charge in [-0.3, -0.25) is 10.1 Å². The maximum atomic E-state index is 13.2. The molecule has 228 valence electrons. The predicted molar refractivity (Wildman–Crippen MR) is 162 cm³/mol. The van der Waals surface area contributed by atoms with E-state index in [-0.39, 0.29) is 5.91 Å². The van der Waals surface area contributed by atoms with Crippen molar-refractivity contribution in [2.75, 3.05) is 24.9 Å². The van der Waals surface area contributed by atoms with Crippen molar-refractivity contribution in [3.63, 3.8) is 0 Å². The lowest BCUT2D eigenvalue weighted by atomic mass is 10.0. The summed E-state index contributed by atoms with van der Waals surface area (Å²) >= 11 is 6.21. The summed E-state index contributed by atoms with van der Waals surface area (Å²) in [5, 5.41) is 20.7. The van der Waals surface area contributed by atoms with Crippen molar-refractivity contribution in [1.29, 1.82) is 0 Å². The molecule has 0 radical (unpaired) electrons. The number of fused-ring (bicyclic) bond motifs is 4. The Bertz CT molecular complexity index is 1670. The first kappa shape index (κ1) is 30.2. The number of benzene rings is 2. The minimum atomic E-state index is -0.645. The molecule has 0 saturated carbocycles. The molecular weight excluding hydrogens is 590 g/mol. The van der Waals surface area contributed by atoms with E-state index in [4.69, 9.17) is 26.1 Å². The highest BCUT2D eigenvalue weighted by Crippen LogP contribution is 2.33. The molecule has 0 fully saturated rings. The number of anilines is 2. The van der Waals surface area contributed by atoms with Gasteiger partial charge in [0.2, 0.25) is 5.91 Å². The van der Waals surface area contributed by atoms with E-state index < -0.39 is 24.1 Å². The molecule has 4 N–H and O–H groups in total. The molecule has 3 heterocycles. The molecule has 4 aromatic rings. The summed E-state index contributed by atoms with van der Waals surface area (Å²) in [4.78, 5) is 45.6. The number of carbonyl (C=O) groups is 3. The molecule has 0 aliphatic carbocycles. The quantitative estimate of drug-likeness (QED) is 0.180. The number of tetrazole rings is 1. The summed E-state index contributed by atoms with van der Waals surface area (Å²) in [6, 6.07) is 9.28. The Labute approximate surface area is 257 Å². The summed E-state index contributed by atoms with van der Waals surface area (Å²) < 4.78 is 11.2. The van der Waals surface area contributed by atoms with Gasteiger partial charge < -0.3 is 25.1 Å². The molecule has 2 bridgehead atoms. The molecule has 44 heavy (non-hydrogen) atoms. The number of aromatic nitrogens is 6. The van der Waals surface area contributed by atoms with E-state index in [1.807, 2.05) is 0 Å². The van der Waals surface area contributed by atoms with Crippen LogP contribution in [0.15, 0.2) is 55.0 Å². The van der Waals surface area contributed by atoms with Crippen LogP contribution < -0.4 is 16.0 Å². The Hall–Kier alpha value is -5.24. The van der Waals surface area contributed by atoms with E-state index in [2.05, 4.69) is 36.5 Å². The minimum Gasteiger partial charge on any atom is -0.467 e. The third kappa shape index (κ3) is 7.21. The Morgan fingerprint density at radius 3 is 2.70 bits per heavy atom. The zero-order chi connectivity index (χ0) is 31.1. The highest BCUT2D eigenvalue weighted by Gasteiger charge is 2.24. The van der Waals surface area contributed by atoms with Crippen LogP contribution in [-0.4, -0.2) is 68.4 Å².